The topological polar surface area (TPSA) is 107 Å². The van der Waals surface area contributed by atoms with Crippen LogP contribution in [0.25, 0.3) is 0 Å². The van der Waals surface area contributed by atoms with Gasteiger partial charge in [-0.25, -0.2) is 18.6 Å². The highest BCUT2D eigenvalue weighted by molar-refractivity contribution is 5.91. The van der Waals surface area contributed by atoms with Crippen LogP contribution in [0.1, 0.15) is 52.0 Å². The van der Waals surface area contributed by atoms with Crippen LogP contribution in [-0.4, -0.2) is 41.0 Å². The third-order valence-corrected chi connectivity index (χ3v) is 5.75. The van der Waals surface area contributed by atoms with Gasteiger partial charge in [-0.2, -0.15) is 8.78 Å². The zero-order valence-corrected chi connectivity index (χ0v) is 21.2. The Bertz CT molecular complexity index is 1170. The molecule has 1 aliphatic carbocycles. The number of pyridine rings is 1. The van der Waals surface area contributed by atoms with Crippen LogP contribution >= 0.6 is 0 Å². The fraction of sp³-hybridized carbons (Fsp3) is 0.462. The summed E-state index contributed by atoms with van der Waals surface area (Å²) in [6.45, 7) is 4.10. The van der Waals surface area contributed by atoms with Gasteiger partial charge in [0.2, 0.25) is 17.5 Å². The number of hydrogen-bond acceptors (Lipinski definition) is 6. The van der Waals surface area contributed by atoms with Gasteiger partial charge in [0.05, 0.1) is 6.04 Å². The van der Waals surface area contributed by atoms with E-state index in [1.54, 1.807) is 26.8 Å². The predicted octanol–water partition coefficient (Wildman–Crippen LogP) is 4.85. The number of Topliss-reactive ketones (excluding diaryl/α,β-unsaturated/α-hetero) is 1. The third kappa shape index (κ3) is 7.90. The van der Waals surface area contributed by atoms with Gasteiger partial charge in [0.1, 0.15) is 18.0 Å². The number of carbonyl (C=O) groups is 3. The van der Waals surface area contributed by atoms with E-state index in [0.29, 0.717) is 18.4 Å². The largest absolute Gasteiger partial charge is 0.479 e. The SMILES string of the molecule is CC(C)(C)OC(=O)Nc1cc(CC(NC(=O)C2CCCC2)C(=O)COc2c(F)c(F)cc(F)c2F)ccn1. The number of hydrogen-bond donors (Lipinski definition) is 2. The van der Waals surface area contributed by atoms with E-state index in [1.807, 2.05) is 0 Å². The maximum atomic E-state index is 14.0. The number of halogens is 4. The standard InChI is InChI=1S/C26H29F4N3O5/c1-26(2,3)38-25(36)33-20-11-14(8-9-31-20)10-18(32-24(35)15-6-4-5-7-15)19(34)13-37-23-21(29)16(27)12-17(28)22(23)30/h8-9,11-12,15,18H,4-7,10,13H2,1-3H3,(H,32,35)(H,31,33,36). The lowest BCUT2D eigenvalue weighted by Crippen LogP contribution is -2.46. The number of aromatic nitrogens is 1. The number of nitrogens with one attached hydrogen (secondary N) is 2. The molecule has 1 fully saturated rings. The Kier molecular flexibility index (Phi) is 9.29. The van der Waals surface area contributed by atoms with Crippen LogP contribution in [-0.2, 0) is 20.7 Å². The fourth-order valence-corrected chi connectivity index (χ4v) is 3.96. The van der Waals surface area contributed by atoms with E-state index < -0.39 is 59.1 Å². The van der Waals surface area contributed by atoms with Crippen molar-refractivity contribution in [2.75, 3.05) is 11.9 Å². The Labute approximate surface area is 217 Å². The first-order chi connectivity index (χ1) is 17.8. The minimum atomic E-state index is -1.78. The Hall–Kier alpha value is -3.70. The molecule has 1 saturated carbocycles. The molecule has 1 heterocycles. The molecular formula is C26H29F4N3O5. The third-order valence-electron chi connectivity index (χ3n) is 5.75. The number of benzene rings is 1. The van der Waals surface area contributed by atoms with Crippen molar-refractivity contribution >= 4 is 23.6 Å². The lowest BCUT2D eigenvalue weighted by atomic mass is 10.0. The molecule has 3 rings (SSSR count). The monoisotopic (exact) mass is 539 g/mol. The summed E-state index contributed by atoms with van der Waals surface area (Å²) in [5.41, 5.74) is -0.266. The Morgan fingerprint density at radius 2 is 1.68 bits per heavy atom. The predicted molar refractivity (Wildman–Crippen MR) is 128 cm³/mol. The molecule has 2 N–H and O–H groups in total. The first-order valence-corrected chi connectivity index (χ1v) is 12.1. The number of ether oxygens (including phenoxy) is 2. The zero-order valence-electron chi connectivity index (χ0n) is 21.2. The highest BCUT2D eigenvalue weighted by Crippen LogP contribution is 2.27. The molecule has 0 aliphatic heterocycles. The van der Waals surface area contributed by atoms with Gasteiger partial charge in [0, 0.05) is 24.6 Å². The van der Waals surface area contributed by atoms with Gasteiger partial charge in [-0.3, -0.25) is 14.9 Å². The quantitative estimate of drug-likeness (QED) is 0.349. The van der Waals surface area contributed by atoms with Crippen LogP contribution in [0.4, 0.5) is 28.2 Å². The summed E-state index contributed by atoms with van der Waals surface area (Å²) in [5.74, 6) is -9.62. The van der Waals surface area contributed by atoms with Crippen molar-refractivity contribution in [3.05, 3.63) is 53.2 Å². The maximum absolute atomic E-state index is 14.0. The molecule has 38 heavy (non-hydrogen) atoms. The second kappa shape index (κ2) is 12.2. The Morgan fingerprint density at radius 1 is 1.05 bits per heavy atom. The normalized spacial score (nSPS) is 14.6. The van der Waals surface area contributed by atoms with Gasteiger partial charge in [0.25, 0.3) is 0 Å². The summed E-state index contributed by atoms with van der Waals surface area (Å²) >= 11 is 0. The molecular weight excluding hydrogens is 510 g/mol. The molecule has 0 radical (unpaired) electrons. The Morgan fingerprint density at radius 3 is 2.29 bits per heavy atom. The maximum Gasteiger partial charge on any atom is 0.413 e. The number of amides is 2. The van der Waals surface area contributed by atoms with E-state index in [9.17, 15) is 31.9 Å². The van der Waals surface area contributed by atoms with Crippen LogP contribution in [0.2, 0.25) is 0 Å². The van der Waals surface area contributed by atoms with Crippen molar-refractivity contribution in [2.24, 2.45) is 5.92 Å². The van der Waals surface area contributed by atoms with Crippen molar-refractivity contribution in [1.29, 1.82) is 0 Å². The highest BCUT2D eigenvalue weighted by atomic mass is 19.2. The molecule has 8 nitrogen and oxygen atoms in total. The van der Waals surface area contributed by atoms with Crippen molar-refractivity contribution in [3.8, 4) is 5.75 Å². The van der Waals surface area contributed by atoms with Crippen molar-refractivity contribution < 1.29 is 41.4 Å². The van der Waals surface area contributed by atoms with E-state index in [4.69, 9.17) is 9.47 Å². The number of ketones is 1. The van der Waals surface area contributed by atoms with Crippen LogP contribution in [0.15, 0.2) is 24.4 Å². The summed E-state index contributed by atoms with van der Waals surface area (Å²) < 4.78 is 65.0. The lowest BCUT2D eigenvalue weighted by molar-refractivity contribution is -0.131. The molecule has 1 aliphatic rings. The molecule has 2 aromatic rings. The molecule has 12 heteroatoms. The molecule has 1 unspecified atom stereocenters. The van der Waals surface area contributed by atoms with Crippen molar-refractivity contribution in [3.63, 3.8) is 0 Å². The molecule has 1 aromatic carbocycles. The van der Waals surface area contributed by atoms with Crippen LogP contribution in [0.3, 0.4) is 0 Å². The lowest BCUT2D eigenvalue weighted by Gasteiger charge is -2.21. The summed E-state index contributed by atoms with van der Waals surface area (Å²) in [4.78, 5) is 41.9. The molecule has 0 saturated heterocycles. The van der Waals surface area contributed by atoms with Crippen molar-refractivity contribution in [1.82, 2.24) is 10.3 Å². The van der Waals surface area contributed by atoms with Crippen LogP contribution in [0.5, 0.6) is 5.75 Å². The van der Waals surface area contributed by atoms with E-state index >= 15 is 0 Å². The van der Waals surface area contributed by atoms with E-state index in [-0.39, 0.29) is 30.1 Å². The Balaban J connectivity index is 1.76. The summed E-state index contributed by atoms with van der Waals surface area (Å²) in [7, 11) is 0. The van der Waals surface area contributed by atoms with E-state index in [1.165, 1.54) is 12.3 Å². The first kappa shape index (κ1) is 28.9. The summed E-state index contributed by atoms with van der Waals surface area (Å²) in [6, 6.07) is 1.83. The average molecular weight is 540 g/mol. The molecule has 2 amide bonds. The molecule has 1 atom stereocenters. The average Bonchev–Trinajstić information content (AvgIpc) is 3.36. The van der Waals surface area contributed by atoms with Gasteiger partial charge < -0.3 is 14.8 Å². The molecule has 206 valence electrons. The summed E-state index contributed by atoms with van der Waals surface area (Å²) in [5, 5.41) is 5.12. The second-order valence-electron chi connectivity index (χ2n) is 9.98. The van der Waals surface area contributed by atoms with Gasteiger partial charge in [-0.05, 0) is 51.3 Å². The number of anilines is 1. The molecule has 0 bridgehead atoms. The number of rotatable bonds is 9. The van der Waals surface area contributed by atoms with E-state index in [0.717, 1.165) is 12.8 Å². The highest BCUT2D eigenvalue weighted by Gasteiger charge is 2.29. The van der Waals surface area contributed by atoms with Gasteiger partial charge in [0.15, 0.2) is 23.2 Å². The molecule has 1 aromatic heterocycles. The smallest absolute Gasteiger partial charge is 0.413 e. The van der Waals surface area contributed by atoms with Crippen molar-refractivity contribution in [2.45, 2.75) is 64.5 Å². The first-order valence-electron chi connectivity index (χ1n) is 12.1. The molecule has 0 spiro atoms. The zero-order chi connectivity index (χ0) is 28.0. The van der Waals surface area contributed by atoms with Crippen LogP contribution in [0, 0.1) is 29.2 Å². The minimum Gasteiger partial charge on any atom is -0.479 e. The van der Waals surface area contributed by atoms with Gasteiger partial charge >= 0.3 is 6.09 Å². The number of carbonyl (C=O) groups excluding carboxylic acids is 3. The van der Waals surface area contributed by atoms with E-state index in [2.05, 4.69) is 15.6 Å². The summed E-state index contributed by atoms with van der Waals surface area (Å²) in [6.07, 6.45) is 3.58. The fourth-order valence-electron chi connectivity index (χ4n) is 3.96. The minimum absolute atomic E-state index is 0.0241. The van der Waals surface area contributed by atoms with Gasteiger partial charge in [-0.15, -0.1) is 0 Å². The number of nitrogens with zero attached hydrogens (tertiary/aromatic N) is 1. The van der Waals surface area contributed by atoms with Crippen LogP contribution < -0.4 is 15.4 Å². The second-order valence-corrected chi connectivity index (χ2v) is 9.98. The van der Waals surface area contributed by atoms with Gasteiger partial charge in [-0.1, -0.05) is 12.8 Å².